The first kappa shape index (κ1) is 16.3. The van der Waals surface area contributed by atoms with Crippen LogP contribution in [0.4, 0.5) is 5.13 Å². The average molecular weight is 323 g/mol. The molecule has 0 fully saturated rings. The first-order valence-electron chi connectivity index (χ1n) is 7.01. The molecule has 0 bridgehead atoms. The highest BCUT2D eigenvalue weighted by Crippen LogP contribution is 2.41. The second-order valence-electron chi connectivity index (χ2n) is 5.21. The summed E-state index contributed by atoms with van der Waals surface area (Å²) in [5.74, 6) is 0. The summed E-state index contributed by atoms with van der Waals surface area (Å²) in [5.41, 5.74) is 8.92. The van der Waals surface area contributed by atoms with Crippen LogP contribution in [0.15, 0.2) is 28.6 Å². The SMILES string of the molecule is CCC(N)C(Sc1nnc(N(C)C)s1)c1ccccc1C. The van der Waals surface area contributed by atoms with Gasteiger partial charge in [-0.15, -0.1) is 10.2 Å². The van der Waals surface area contributed by atoms with Crippen LogP contribution in [0.25, 0.3) is 0 Å². The van der Waals surface area contributed by atoms with Crippen molar-refractivity contribution in [3.8, 4) is 0 Å². The van der Waals surface area contributed by atoms with Crippen molar-refractivity contribution >= 4 is 28.2 Å². The van der Waals surface area contributed by atoms with Crippen molar-refractivity contribution in [2.75, 3.05) is 19.0 Å². The van der Waals surface area contributed by atoms with Gasteiger partial charge in [0.25, 0.3) is 0 Å². The van der Waals surface area contributed by atoms with Crippen molar-refractivity contribution in [1.82, 2.24) is 10.2 Å². The Hall–Kier alpha value is -1.11. The molecule has 0 radical (unpaired) electrons. The van der Waals surface area contributed by atoms with Gasteiger partial charge in [0.15, 0.2) is 4.34 Å². The van der Waals surface area contributed by atoms with Crippen LogP contribution in [0.3, 0.4) is 0 Å². The maximum Gasteiger partial charge on any atom is 0.208 e. The first-order valence-corrected chi connectivity index (χ1v) is 8.71. The Labute approximate surface area is 134 Å². The van der Waals surface area contributed by atoms with Crippen LogP contribution in [-0.2, 0) is 0 Å². The van der Waals surface area contributed by atoms with E-state index in [1.54, 1.807) is 23.1 Å². The molecule has 1 aromatic heterocycles. The molecule has 2 aromatic rings. The van der Waals surface area contributed by atoms with Gasteiger partial charge in [-0.2, -0.15) is 0 Å². The molecule has 6 heteroatoms. The highest BCUT2D eigenvalue weighted by atomic mass is 32.2. The molecular formula is C15H22N4S2. The summed E-state index contributed by atoms with van der Waals surface area (Å²) >= 11 is 3.33. The maximum absolute atomic E-state index is 6.36. The Morgan fingerprint density at radius 2 is 2.00 bits per heavy atom. The topological polar surface area (TPSA) is 55.0 Å². The second kappa shape index (κ2) is 7.24. The van der Waals surface area contributed by atoms with Gasteiger partial charge in [0.05, 0.1) is 5.25 Å². The maximum atomic E-state index is 6.36. The lowest BCUT2D eigenvalue weighted by Crippen LogP contribution is -2.26. The molecule has 0 aliphatic rings. The Morgan fingerprint density at radius 1 is 1.29 bits per heavy atom. The average Bonchev–Trinajstić information content (AvgIpc) is 2.94. The summed E-state index contributed by atoms with van der Waals surface area (Å²) in [5, 5.41) is 9.62. The fourth-order valence-electron chi connectivity index (χ4n) is 2.04. The minimum absolute atomic E-state index is 0.0998. The Kier molecular flexibility index (Phi) is 5.61. The minimum atomic E-state index is 0.0998. The largest absolute Gasteiger partial charge is 0.353 e. The summed E-state index contributed by atoms with van der Waals surface area (Å²) < 4.78 is 0.968. The zero-order valence-electron chi connectivity index (χ0n) is 12.9. The zero-order chi connectivity index (χ0) is 15.4. The number of hydrogen-bond acceptors (Lipinski definition) is 6. The van der Waals surface area contributed by atoms with Gasteiger partial charge in [-0.3, -0.25) is 0 Å². The highest BCUT2D eigenvalue weighted by Gasteiger charge is 2.23. The van der Waals surface area contributed by atoms with E-state index in [2.05, 4.69) is 48.3 Å². The summed E-state index contributed by atoms with van der Waals surface area (Å²) in [6, 6.07) is 8.53. The van der Waals surface area contributed by atoms with E-state index in [1.165, 1.54) is 11.1 Å². The summed E-state index contributed by atoms with van der Waals surface area (Å²) in [4.78, 5) is 1.98. The van der Waals surface area contributed by atoms with Crippen LogP contribution in [0, 0.1) is 6.92 Å². The summed E-state index contributed by atoms with van der Waals surface area (Å²) in [7, 11) is 3.96. The van der Waals surface area contributed by atoms with Crippen molar-refractivity contribution in [2.24, 2.45) is 5.73 Å². The Bertz CT molecular complexity index is 583. The van der Waals surface area contributed by atoms with E-state index < -0.39 is 0 Å². The molecule has 0 saturated heterocycles. The van der Waals surface area contributed by atoms with Crippen LogP contribution in [-0.4, -0.2) is 30.3 Å². The molecule has 21 heavy (non-hydrogen) atoms. The molecule has 2 rings (SSSR count). The lowest BCUT2D eigenvalue weighted by Gasteiger charge is -2.23. The molecule has 0 aliphatic carbocycles. The van der Waals surface area contributed by atoms with Crippen LogP contribution in [0.5, 0.6) is 0 Å². The van der Waals surface area contributed by atoms with Gasteiger partial charge in [0.1, 0.15) is 0 Å². The molecule has 2 unspecified atom stereocenters. The number of thioether (sulfide) groups is 1. The molecule has 1 aromatic carbocycles. The van der Waals surface area contributed by atoms with Crippen LogP contribution in [0.2, 0.25) is 0 Å². The molecule has 4 nitrogen and oxygen atoms in total. The van der Waals surface area contributed by atoms with Crippen molar-refractivity contribution in [3.63, 3.8) is 0 Å². The normalized spacial score (nSPS) is 14.0. The molecular weight excluding hydrogens is 300 g/mol. The summed E-state index contributed by atoms with van der Waals surface area (Å²) in [6.07, 6.45) is 0.936. The van der Waals surface area contributed by atoms with Gasteiger partial charge >= 0.3 is 0 Å². The zero-order valence-corrected chi connectivity index (χ0v) is 14.5. The third kappa shape index (κ3) is 3.96. The summed E-state index contributed by atoms with van der Waals surface area (Å²) in [6.45, 7) is 4.26. The molecule has 0 saturated carbocycles. The molecule has 2 atom stereocenters. The van der Waals surface area contributed by atoms with Gasteiger partial charge in [-0.05, 0) is 24.5 Å². The van der Waals surface area contributed by atoms with Crippen molar-refractivity contribution in [2.45, 2.75) is 35.9 Å². The van der Waals surface area contributed by atoms with E-state index in [-0.39, 0.29) is 11.3 Å². The van der Waals surface area contributed by atoms with Crippen LogP contribution >= 0.6 is 23.1 Å². The van der Waals surface area contributed by atoms with E-state index in [9.17, 15) is 0 Å². The third-order valence-electron chi connectivity index (χ3n) is 3.36. The number of benzene rings is 1. The van der Waals surface area contributed by atoms with Crippen LogP contribution in [0.1, 0.15) is 29.7 Å². The molecule has 0 spiro atoms. The van der Waals surface area contributed by atoms with Crippen LogP contribution < -0.4 is 10.6 Å². The third-order valence-corrected chi connectivity index (χ3v) is 5.93. The Morgan fingerprint density at radius 3 is 2.57 bits per heavy atom. The monoisotopic (exact) mass is 322 g/mol. The predicted octanol–water partition coefficient (Wildman–Crippen LogP) is 3.48. The highest BCUT2D eigenvalue weighted by molar-refractivity contribution is 8.01. The number of aromatic nitrogens is 2. The van der Waals surface area contributed by atoms with Gasteiger partial charge in [0.2, 0.25) is 5.13 Å². The predicted molar refractivity (Wildman–Crippen MR) is 92.3 cm³/mol. The number of hydrogen-bond donors (Lipinski definition) is 1. The Balaban J connectivity index is 2.26. The van der Waals surface area contributed by atoms with Crippen molar-refractivity contribution < 1.29 is 0 Å². The van der Waals surface area contributed by atoms with E-state index in [0.29, 0.717) is 0 Å². The molecule has 114 valence electrons. The lowest BCUT2D eigenvalue weighted by molar-refractivity contribution is 0.632. The van der Waals surface area contributed by atoms with Gasteiger partial charge in [-0.1, -0.05) is 54.3 Å². The number of rotatable bonds is 6. The fourth-order valence-corrected chi connectivity index (χ4v) is 4.33. The van der Waals surface area contributed by atoms with Gasteiger partial charge < -0.3 is 10.6 Å². The number of nitrogens with zero attached hydrogens (tertiary/aromatic N) is 3. The van der Waals surface area contributed by atoms with E-state index >= 15 is 0 Å². The molecule has 0 aliphatic heterocycles. The second-order valence-corrected chi connectivity index (χ2v) is 7.56. The fraction of sp³-hybridized carbons (Fsp3) is 0.467. The molecule has 1 heterocycles. The van der Waals surface area contributed by atoms with E-state index in [4.69, 9.17) is 5.73 Å². The van der Waals surface area contributed by atoms with Gasteiger partial charge in [0, 0.05) is 20.1 Å². The quantitative estimate of drug-likeness (QED) is 0.825. The van der Waals surface area contributed by atoms with E-state index in [1.807, 2.05) is 19.0 Å². The first-order chi connectivity index (χ1) is 10.0. The van der Waals surface area contributed by atoms with Gasteiger partial charge in [-0.25, -0.2) is 0 Å². The number of anilines is 1. The molecule has 0 amide bonds. The standard InChI is InChI=1S/C15H22N4S2/c1-5-12(16)13(11-9-7-6-8-10(11)2)20-15-18-17-14(21-15)19(3)4/h6-9,12-13H,5,16H2,1-4H3. The van der Waals surface area contributed by atoms with E-state index in [0.717, 1.165) is 15.9 Å². The smallest absolute Gasteiger partial charge is 0.208 e. The number of nitrogens with two attached hydrogens (primary N) is 1. The molecule has 2 N–H and O–H groups in total. The van der Waals surface area contributed by atoms with Crippen molar-refractivity contribution in [3.05, 3.63) is 35.4 Å². The van der Waals surface area contributed by atoms with Crippen molar-refractivity contribution in [1.29, 1.82) is 0 Å². The number of aryl methyl sites for hydroxylation is 1. The minimum Gasteiger partial charge on any atom is -0.353 e. The lowest BCUT2D eigenvalue weighted by atomic mass is 10.00.